The van der Waals surface area contributed by atoms with E-state index < -0.39 is 0 Å². The molecule has 104 valence electrons. The van der Waals surface area contributed by atoms with E-state index in [0.717, 1.165) is 24.0 Å². The third kappa shape index (κ3) is 3.66. The van der Waals surface area contributed by atoms with E-state index in [1.54, 1.807) is 0 Å². The van der Waals surface area contributed by atoms with Gasteiger partial charge in [0.1, 0.15) is 6.61 Å². The van der Waals surface area contributed by atoms with Crippen molar-refractivity contribution in [2.75, 3.05) is 6.61 Å². The summed E-state index contributed by atoms with van der Waals surface area (Å²) in [5.41, 5.74) is 1.83. The molecule has 1 fully saturated rings. The summed E-state index contributed by atoms with van der Waals surface area (Å²) in [6.07, 6.45) is 6.35. The van der Waals surface area contributed by atoms with E-state index in [9.17, 15) is 4.79 Å². The molecule has 1 aromatic carbocycles. The van der Waals surface area contributed by atoms with Gasteiger partial charge in [0.05, 0.1) is 6.10 Å². The molecule has 2 rings (SSSR count). The maximum Gasteiger partial charge on any atom is 0.188 e. The van der Waals surface area contributed by atoms with Crippen molar-refractivity contribution in [2.45, 2.75) is 52.1 Å². The molecule has 0 N–H and O–H groups in total. The SMILES string of the molecule is CCC1CCCCC1OCC(=O)c1ccccc1C. The van der Waals surface area contributed by atoms with Crippen LogP contribution in [0.25, 0.3) is 0 Å². The van der Waals surface area contributed by atoms with Gasteiger partial charge in [0, 0.05) is 5.56 Å². The Balaban J connectivity index is 1.91. The van der Waals surface area contributed by atoms with E-state index >= 15 is 0 Å². The number of benzene rings is 1. The first-order valence-corrected chi connectivity index (χ1v) is 7.42. The molecule has 0 radical (unpaired) electrons. The summed E-state index contributed by atoms with van der Waals surface area (Å²) in [6, 6.07) is 7.73. The van der Waals surface area contributed by atoms with Gasteiger partial charge in [0.25, 0.3) is 0 Å². The number of carbonyl (C=O) groups excluding carboxylic acids is 1. The van der Waals surface area contributed by atoms with Crippen LogP contribution in [0.1, 0.15) is 54.9 Å². The zero-order valence-corrected chi connectivity index (χ0v) is 12.0. The molecule has 1 aliphatic rings. The summed E-state index contributed by atoms with van der Waals surface area (Å²) in [5.74, 6) is 0.747. The predicted octanol–water partition coefficient (Wildman–Crippen LogP) is 4.16. The smallest absolute Gasteiger partial charge is 0.188 e. The molecular weight excluding hydrogens is 236 g/mol. The lowest BCUT2D eigenvalue weighted by atomic mass is 9.85. The topological polar surface area (TPSA) is 26.3 Å². The summed E-state index contributed by atoms with van der Waals surface area (Å²) >= 11 is 0. The molecule has 0 aromatic heterocycles. The van der Waals surface area contributed by atoms with Crippen LogP contribution in [0.15, 0.2) is 24.3 Å². The number of hydrogen-bond donors (Lipinski definition) is 0. The second-order valence-electron chi connectivity index (χ2n) is 5.54. The molecule has 2 heteroatoms. The number of Topliss-reactive ketones (excluding diaryl/α,β-unsaturated/α-hetero) is 1. The lowest BCUT2D eigenvalue weighted by molar-refractivity contribution is -0.00572. The highest BCUT2D eigenvalue weighted by Crippen LogP contribution is 2.29. The Morgan fingerprint density at radius 1 is 1.26 bits per heavy atom. The first-order valence-electron chi connectivity index (χ1n) is 7.42. The zero-order valence-electron chi connectivity index (χ0n) is 12.0. The minimum Gasteiger partial charge on any atom is -0.370 e. The maximum absolute atomic E-state index is 12.2. The second-order valence-corrected chi connectivity index (χ2v) is 5.54. The van der Waals surface area contributed by atoms with Gasteiger partial charge in [-0.3, -0.25) is 4.79 Å². The van der Waals surface area contributed by atoms with Crippen molar-refractivity contribution in [2.24, 2.45) is 5.92 Å². The number of carbonyl (C=O) groups is 1. The Hall–Kier alpha value is -1.15. The van der Waals surface area contributed by atoms with Crippen LogP contribution in [0.3, 0.4) is 0 Å². The second kappa shape index (κ2) is 6.85. The number of aryl methyl sites for hydroxylation is 1. The van der Waals surface area contributed by atoms with Gasteiger partial charge >= 0.3 is 0 Å². The summed E-state index contributed by atoms with van der Waals surface area (Å²) in [4.78, 5) is 12.2. The molecule has 1 aliphatic carbocycles. The standard InChI is InChI=1S/C17H24O2/c1-3-14-9-5-7-11-17(14)19-12-16(18)15-10-6-4-8-13(15)2/h4,6,8,10,14,17H,3,5,7,9,11-12H2,1-2H3. The van der Waals surface area contributed by atoms with Crippen LogP contribution < -0.4 is 0 Å². The van der Waals surface area contributed by atoms with Gasteiger partial charge < -0.3 is 4.74 Å². The van der Waals surface area contributed by atoms with Crippen LogP contribution in [-0.4, -0.2) is 18.5 Å². The van der Waals surface area contributed by atoms with Crippen molar-refractivity contribution in [3.05, 3.63) is 35.4 Å². The molecule has 1 aromatic rings. The highest BCUT2D eigenvalue weighted by molar-refractivity contribution is 5.98. The van der Waals surface area contributed by atoms with Gasteiger partial charge in [-0.05, 0) is 31.2 Å². The molecule has 0 aliphatic heterocycles. The average molecular weight is 260 g/mol. The summed E-state index contributed by atoms with van der Waals surface area (Å²) in [6.45, 7) is 4.42. The molecule has 0 heterocycles. The van der Waals surface area contributed by atoms with E-state index in [1.807, 2.05) is 31.2 Å². The highest BCUT2D eigenvalue weighted by atomic mass is 16.5. The van der Waals surface area contributed by atoms with Crippen molar-refractivity contribution in [3.8, 4) is 0 Å². The highest BCUT2D eigenvalue weighted by Gasteiger charge is 2.25. The summed E-state index contributed by atoms with van der Waals surface area (Å²) in [7, 11) is 0. The molecule has 2 unspecified atom stereocenters. The first kappa shape index (κ1) is 14.3. The fourth-order valence-corrected chi connectivity index (χ4v) is 3.01. The van der Waals surface area contributed by atoms with E-state index in [1.165, 1.54) is 19.3 Å². The van der Waals surface area contributed by atoms with E-state index in [-0.39, 0.29) is 18.5 Å². The van der Waals surface area contributed by atoms with Crippen molar-refractivity contribution < 1.29 is 9.53 Å². The minimum absolute atomic E-state index is 0.110. The first-order chi connectivity index (χ1) is 9.22. The molecule has 0 bridgehead atoms. The Morgan fingerprint density at radius 3 is 2.74 bits per heavy atom. The molecule has 0 saturated heterocycles. The lowest BCUT2D eigenvalue weighted by Gasteiger charge is -2.30. The summed E-state index contributed by atoms with van der Waals surface area (Å²) < 4.78 is 5.91. The van der Waals surface area contributed by atoms with Crippen LogP contribution >= 0.6 is 0 Å². The van der Waals surface area contributed by atoms with Crippen LogP contribution in [0.2, 0.25) is 0 Å². The number of ketones is 1. The zero-order chi connectivity index (χ0) is 13.7. The number of rotatable bonds is 5. The Bertz CT molecular complexity index is 425. The third-order valence-corrected chi connectivity index (χ3v) is 4.24. The summed E-state index contributed by atoms with van der Waals surface area (Å²) in [5, 5.41) is 0. The van der Waals surface area contributed by atoms with Gasteiger partial charge in [-0.15, -0.1) is 0 Å². The Morgan fingerprint density at radius 2 is 2.00 bits per heavy atom. The molecule has 19 heavy (non-hydrogen) atoms. The van der Waals surface area contributed by atoms with Crippen molar-refractivity contribution in [1.29, 1.82) is 0 Å². The van der Waals surface area contributed by atoms with Gasteiger partial charge in [-0.1, -0.05) is 50.5 Å². The minimum atomic E-state index is 0.110. The van der Waals surface area contributed by atoms with Gasteiger partial charge in [-0.2, -0.15) is 0 Å². The quantitative estimate of drug-likeness (QED) is 0.743. The fourth-order valence-electron chi connectivity index (χ4n) is 3.01. The molecule has 1 saturated carbocycles. The normalized spacial score (nSPS) is 23.3. The molecule has 2 nitrogen and oxygen atoms in total. The van der Waals surface area contributed by atoms with E-state index in [4.69, 9.17) is 4.74 Å². The third-order valence-electron chi connectivity index (χ3n) is 4.24. The fraction of sp³-hybridized carbons (Fsp3) is 0.588. The van der Waals surface area contributed by atoms with Crippen molar-refractivity contribution in [3.63, 3.8) is 0 Å². The Labute approximate surface area is 116 Å². The van der Waals surface area contributed by atoms with Crippen molar-refractivity contribution >= 4 is 5.78 Å². The molecule has 2 atom stereocenters. The Kier molecular flexibility index (Phi) is 5.15. The number of hydrogen-bond acceptors (Lipinski definition) is 2. The van der Waals surface area contributed by atoms with E-state index in [0.29, 0.717) is 5.92 Å². The monoisotopic (exact) mass is 260 g/mol. The average Bonchev–Trinajstić information content (AvgIpc) is 2.45. The van der Waals surface area contributed by atoms with Crippen LogP contribution in [0, 0.1) is 12.8 Å². The van der Waals surface area contributed by atoms with Gasteiger partial charge in [0.15, 0.2) is 5.78 Å². The lowest BCUT2D eigenvalue weighted by Crippen LogP contribution is -2.29. The van der Waals surface area contributed by atoms with Gasteiger partial charge in [0.2, 0.25) is 0 Å². The van der Waals surface area contributed by atoms with Crippen LogP contribution in [0.4, 0.5) is 0 Å². The molecular formula is C17H24O2. The maximum atomic E-state index is 12.2. The largest absolute Gasteiger partial charge is 0.370 e. The predicted molar refractivity (Wildman–Crippen MR) is 77.5 cm³/mol. The van der Waals surface area contributed by atoms with Crippen LogP contribution in [0.5, 0.6) is 0 Å². The van der Waals surface area contributed by atoms with Crippen LogP contribution in [-0.2, 0) is 4.74 Å². The van der Waals surface area contributed by atoms with Gasteiger partial charge in [-0.25, -0.2) is 0 Å². The van der Waals surface area contributed by atoms with E-state index in [2.05, 4.69) is 6.92 Å². The molecule has 0 spiro atoms. The number of ether oxygens (including phenoxy) is 1. The molecule has 0 amide bonds. The van der Waals surface area contributed by atoms with Crippen molar-refractivity contribution in [1.82, 2.24) is 0 Å².